The number of nitrogens with one attached hydrogen (secondary N) is 1. The minimum atomic E-state index is -1.42. The number of aromatic amines is 1. The molecule has 7 nitrogen and oxygen atoms in total. The molecular formula is C23H26N4O3S. The van der Waals surface area contributed by atoms with Gasteiger partial charge in [0.15, 0.2) is 0 Å². The molecule has 3 atom stereocenters. The van der Waals surface area contributed by atoms with Crippen LogP contribution in [0.3, 0.4) is 0 Å². The lowest BCUT2D eigenvalue weighted by molar-refractivity contribution is 0.455. The standard InChI is InChI=1S/C23H26N4O3S/c1-3-31(29)30-17-10-15(9-16(12-17)21-8-14(2)6-7-25-21)11-18-19(24)4-5-20-22(18)23(28)27-13-26-20/h6-10,12-13,18-19H,3-5,11,24H2,1-2H3,(H,26,27,28). The molecule has 0 amide bonds. The van der Waals surface area contributed by atoms with Crippen molar-refractivity contribution in [1.82, 2.24) is 15.0 Å². The van der Waals surface area contributed by atoms with Crippen LogP contribution in [0.1, 0.15) is 41.6 Å². The maximum Gasteiger partial charge on any atom is 0.254 e. The Morgan fingerprint density at radius 2 is 2.10 bits per heavy atom. The molecule has 0 fully saturated rings. The van der Waals surface area contributed by atoms with E-state index in [1.807, 2.05) is 37.3 Å². The molecule has 1 aliphatic rings. The maximum absolute atomic E-state index is 12.6. The first kappa shape index (κ1) is 21.4. The second-order valence-corrected chi connectivity index (χ2v) is 9.22. The predicted octanol–water partition coefficient (Wildman–Crippen LogP) is 2.80. The van der Waals surface area contributed by atoms with Crippen molar-refractivity contribution in [3.8, 4) is 17.0 Å². The summed E-state index contributed by atoms with van der Waals surface area (Å²) in [6.45, 7) is 3.82. The molecule has 3 N–H and O–H groups in total. The molecule has 0 saturated carbocycles. The normalized spacial score (nSPS) is 18.9. The second-order valence-electron chi connectivity index (χ2n) is 7.86. The number of aryl methyl sites for hydroxylation is 2. The summed E-state index contributed by atoms with van der Waals surface area (Å²) >= 11 is -1.42. The topological polar surface area (TPSA) is 111 Å². The third kappa shape index (κ3) is 4.75. The average molecular weight is 439 g/mol. The van der Waals surface area contributed by atoms with Crippen LogP contribution >= 0.6 is 0 Å². The molecule has 2 aromatic heterocycles. The van der Waals surface area contributed by atoms with Crippen molar-refractivity contribution in [3.63, 3.8) is 0 Å². The number of nitrogens with two attached hydrogens (primary N) is 1. The third-order valence-corrected chi connectivity index (χ3v) is 6.48. The predicted molar refractivity (Wildman–Crippen MR) is 121 cm³/mol. The Labute approximate surface area is 183 Å². The Kier molecular flexibility index (Phi) is 6.29. The van der Waals surface area contributed by atoms with E-state index >= 15 is 0 Å². The zero-order valence-corrected chi connectivity index (χ0v) is 18.4. The number of benzene rings is 1. The number of pyridine rings is 1. The third-order valence-electron chi connectivity index (χ3n) is 5.63. The molecule has 1 aliphatic carbocycles. The van der Waals surface area contributed by atoms with Crippen LogP contribution in [-0.2, 0) is 23.9 Å². The van der Waals surface area contributed by atoms with Crippen LogP contribution in [-0.4, -0.2) is 31.0 Å². The van der Waals surface area contributed by atoms with Crippen LogP contribution in [0.4, 0.5) is 0 Å². The first-order valence-electron chi connectivity index (χ1n) is 10.4. The van der Waals surface area contributed by atoms with Crippen molar-refractivity contribution >= 4 is 11.1 Å². The molecule has 3 aromatic rings. The lowest BCUT2D eigenvalue weighted by Crippen LogP contribution is -2.38. The second kappa shape index (κ2) is 9.11. The summed E-state index contributed by atoms with van der Waals surface area (Å²) in [5, 5.41) is 0. The number of nitrogens with zero attached hydrogens (tertiary/aromatic N) is 2. The van der Waals surface area contributed by atoms with E-state index in [0.29, 0.717) is 29.9 Å². The Morgan fingerprint density at radius 3 is 2.87 bits per heavy atom. The lowest BCUT2D eigenvalue weighted by Gasteiger charge is -2.29. The van der Waals surface area contributed by atoms with Gasteiger partial charge in [-0.25, -0.2) is 9.19 Å². The Balaban J connectivity index is 1.76. The van der Waals surface area contributed by atoms with E-state index < -0.39 is 11.1 Å². The summed E-state index contributed by atoms with van der Waals surface area (Å²) in [6.07, 6.45) is 5.24. The molecule has 31 heavy (non-hydrogen) atoms. The minimum absolute atomic E-state index is 0.134. The highest BCUT2D eigenvalue weighted by Gasteiger charge is 2.30. The molecule has 4 rings (SSSR count). The van der Waals surface area contributed by atoms with E-state index in [9.17, 15) is 9.00 Å². The Hall–Kier alpha value is -2.84. The maximum atomic E-state index is 12.6. The van der Waals surface area contributed by atoms with E-state index in [0.717, 1.165) is 34.5 Å². The van der Waals surface area contributed by atoms with Crippen LogP contribution in [0.25, 0.3) is 11.3 Å². The van der Waals surface area contributed by atoms with E-state index in [1.54, 1.807) is 13.1 Å². The van der Waals surface area contributed by atoms with E-state index in [1.165, 1.54) is 6.33 Å². The monoisotopic (exact) mass is 438 g/mol. The first-order chi connectivity index (χ1) is 14.9. The van der Waals surface area contributed by atoms with Crippen LogP contribution in [0.5, 0.6) is 5.75 Å². The molecule has 162 valence electrons. The number of hydrogen-bond acceptors (Lipinski definition) is 6. The molecule has 0 radical (unpaired) electrons. The molecule has 0 spiro atoms. The van der Waals surface area contributed by atoms with Crippen molar-refractivity contribution in [3.05, 3.63) is 75.6 Å². The number of fused-ring (bicyclic) bond motifs is 1. The zero-order valence-electron chi connectivity index (χ0n) is 17.6. The molecule has 2 heterocycles. The SMILES string of the molecule is CCS(=O)Oc1cc(CC2c3c(nc[nH]c3=O)CCC2N)cc(-c2cc(C)ccn2)c1. The number of hydrogen-bond donors (Lipinski definition) is 2. The fourth-order valence-electron chi connectivity index (χ4n) is 4.09. The van der Waals surface area contributed by atoms with Crippen molar-refractivity contribution in [2.75, 3.05) is 5.75 Å². The van der Waals surface area contributed by atoms with Crippen LogP contribution in [0.2, 0.25) is 0 Å². The van der Waals surface area contributed by atoms with Gasteiger partial charge >= 0.3 is 0 Å². The van der Waals surface area contributed by atoms with E-state index in [2.05, 4.69) is 15.0 Å². The summed E-state index contributed by atoms with van der Waals surface area (Å²) in [6, 6.07) is 9.55. The van der Waals surface area contributed by atoms with Crippen LogP contribution < -0.4 is 15.5 Å². The van der Waals surface area contributed by atoms with Crippen molar-refractivity contribution in [1.29, 1.82) is 0 Å². The summed E-state index contributed by atoms with van der Waals surface area (Å²) in [5.41, 5.74) is 11.5. The van der Waals surface area contributed by atoms with Gasteiger partial charge in [0.05, 0.1) is 23.5 Å². The summed E-state index contributed by atoms with van der Waals surface area (Å²) in [5.74, 6) is 0.747. The van der Waals surface area contributed by atoms with Gasteiger partial charge in [-0.2, -0.15) is 0 Å². The minimum Gasteiger partial charge on any atom is -0.401 e. The highest BCUT2D eigenvalue weighted by Crippen LogP contribution is 2.33. The first-order valence-corrected chi connectivity index (χ1v) is 11.6. The highest BCUT2D eigenvalue weighted by atomic mass is 32.2. The number of aromatic nitrogens is 3. The van der Waals surface area contributed by atoms with Gasteiger partial charge in [0.1, 0.15) is 5.75 Å². The van der Waals surface area contributed by atoms with Gasteiger partial charge in [-0.05, 0) is 67.6 Å². The fourth-order valence-corrected chi connectivity index (χ4v) is 4.52. The smallest absolute Gasteiger partial charge is 0.254 e. The van der Waals surface area contributed by atoms with Gasteiger partial charge < -0.3 is 14.9 Å². The highest BCUT2D eigenvalue weighted by molar-refractivity contribution is 7.80. The number of rotatable bonds is 6. The van der Waals surface area contributed by atoms with Gasteiger partial charge in [-0.3, -0.25) is 9.78 Å². The van der Waals surface area contributed by atoms with Crippen molar-refractivity contribution in [2.45, 2.75) is 45.1 Å². The van der Waals surface area contributed by atoms with Gasteiger partial charge in [-0.15, -0.1) is 0 Å². The summed E-state index contributed by atoms with van der Waals surface area (Å²) in [4.78, 5) is 24.1. The quantitative estimate of drug-likeness (QED) is 0.612. The number of H-pyrrole nitrogens is 1. The van der Waals surface area contributed by atoms with Crippen LogP contribution in [0, 0.1) is 6.92 Å². The summed E-state index contributed by atoms with van der Waals surface area (Å²) < 4.78 is 17.7. The van der Waals surface area contributed by atoms with Crippen LogP contribution in [0.15, 0.2) is 47.7 Å². The van der Waals surface area contributed by atoms with E-state index in [4.69, 9.17) is 9.92 Å². The van der Waals surface area contributed by atoms with Gasteiger partial charge in [0.25, 0.3) is 5.56 Å². The molecule has 1 aromatic carbocycles. The lowest BCUT2D eigenvalue weighted by atomic mass is 9.79. The largest absolute Gasteiger partial charge is 0.401 e. The molecule has 0 saturated heterocycles. The zero-order chi connectivity index (χ0) is 22.0. The molecule has 3 unspecified atom stereocenters. The average Bonchev–Trinajstić information content (AvgIpc) is 2.75. The molecule has 0 aliphatic heterocycles. The molecular weight excluding hydrogens is 412 g/mol. The van der Waals surface area contributed by atoms with Gasteiger partial charge in [0, 0.05) is 29.3 Å². The fraction of sp³-hybridized carbons (Fsp3) is 0.348. The van der Waals surface area contributed by atoms with E-state index in [-0.39, 0.29) is 17.5 Å². The van der Waals surface area contributed by atoms with Gasteiger partial charge in [0.2, 0.25) is 11.1 Å². The van der Waals surface area contributed by atoms with Gasteiger partial charge in [-0.1, -0.05) is 6.92 Å². The Bertz CT molecular complexity index is 1180. The molecule has 0 bridgehead atoms. The van der Waals surface area contributed by atoms with Crippen molar-refractivity contribution in [2.24, 2.45) is 5.73 Å². The summed E-state index contributed by atoms with van der Waals surface area (Å²) in [7, 11) is 0. The Morgan fingerprint density at radius 1 is 1.26 bits per heavy atom. The van der Waals surface area contributed by atoms with Crippen molar-refractivity contribution < 1.29 is 8.39 Å². The molecule has 8 heteroatoms.